The number of thioether (sulfide) groups is 1. The van der Waals surface area contributed by atoms with Gasteiger partial charge < -0.3 is 10.1 Å². The molecule has 11 heteroatoms. The first kappa shape index (κ1) is 27.9. The maximum atomic E-state index is 13.0. The number of rotatable bonds is 8. The fourth-order valence-corrected chi connectivity index (χ4v) is 6.76. The molecule has 200 valence electrons. The smallest absolute Gasteiger partial charge is 0.341 e. The van der Waals surface area contributed by atoms with Crippen LogP contribution in [-0.2, 0) is 22.4 Å². The summed E-state index contributed by atoms with van der Waals surface area (Å²) in [6, 6.07) is 15.6. The van der Waals surface area contributed by atoms with Crippen molar-refractivity contribution in [1.29, 1.82) is 0 Å². The molecule has 5 rings (SSSR count). The number of amides is 1. The number of aromatic nitrogens is 3. The minimum atomic E-state index is -0.380. The van der Waals surface area contributed by atoms with Crippen LogP contribution >= 0.6 is 55.0 Å². The summed E-state index contributed by atoms with van der Waals surface area (Å²) >= 11 is 9.63. The van der Waals surface area contributed by atoms with Crippen LogP contribution in [0.1, 0.15) is 40.6 Å². The van der Waals surface area contributed by atoms with Gasteiger partial charge in [0.1, 0.15) is 16.4 Å². The van der Waals surface area contributed by atoms with Gasteiger partial charge in [0.05, 0.1) is 17.9 Å². The molecule has 0 radical (unpaired) electrons. The van der Waals surface area contributed by atoms with E-state index < -0.39 is 0 Å². The van der Waals surface area contributed by atoms with Crippen LogP contribution in [0, 0.1) is 0 Å². The number of hydrogen-bond donors (Lipinski definition) is 1. The number of hydrogen-bond acceptors (Lipinski definition) is 8. The first-order valence-electron chi connectivity index (χ1n) is 12.4. The van der Waals surface area contributed by atoms with Gasteiger partial charge >= 0.3 is 5.97 Å². The Hall–Kier alpha value is -2.60. The molecule has 7 nitrogen and oxygen atoms in total. The Balaban J connectivity index is 1.37. The van der Waals surface area contributed by atoms with E-state index in [1.807, 2.05) is 48.5 Å². The first-order chi connectivity index (χ1) is 18.9. The standard InChI is InChI=1S/C28H24Br2N4O3S2/c1-2-37-27(36)23-20-5-3-4-6-21(20)39-26(23)31-22(35)15-38-28-32-24(16-7-11-18(29)12-8-16)25(33-34-28)17-9-13-19(30)14-10-17/h7-14H,2-6,15H2,1H3,(H,31,35). The van der Waals surface area contributed by atoms with Gasteiger partial charge in [-0.15, -0.1) is 21.5 Å². The molecule has 0 unspecified atom stereocenters. The monoisotopic (exact) mass is 686 g/mol. The van der Waals surface area contributed by atoms with Crippen molar-refractivity contribution in [3.63, 3.8) is 0 Å². The van der Waals surface area contributed by atoms with Gasteiger partial charge in [0.15, 0.2) is 0 Å². The molecule has 1 N–H and O–H groups in total. The molecule has 4 aromatic rings. The number of ether oxygens (including phenoxy) is 1. The molecular weight excluding hydrogens is 664 g/mol. The van der Waals surface area contributed by atoms with E-state index in [0.29, 0.717) is 27.1 Å². The molecule has 1 aliphatic rings. The molecule has 0 fully saturated rings. The molecule has 0 saturated carbocycles. The lowest BCUT2D eigenvalue weighted by molar-refractivity contribution is -0.113. The molecule has 39 heavy (non-hydrogen) atoms. The second-order valence-electron chi connectivity index (χ2n) is 8.78. The van der Waals surface area contributed by atoms with Gasteiger partial charge in [-0.05, 0) is 62.4 Å². The normalized spacial score (nSPS) is 12.6. The Bertz CT molecular complexity index is 1510. The van der Waals surface area contributed by atoms with E-state index in [9.17, 15) is 9.59 Å². The van der Waals surface area contributed by atoms with E-state index in [1.165, 1.54) is 23.1 Å². The van der Waals surface area contributed by atoms with Gasteiger partial charge in [0.2, 0.25) is 11.1 Å². The molecule has 0 atom stereocenters. The van der Waals surface area contributed by atoms with E-state index in [2.05, 4.69) is 47.4 Å². The molecule has 2 aromatic carbocycles. The molecule has 2 aromatic heterocycles. The summed E-state index contributed by atoms with van der Waals surface area (Å²) < 4.78 is 7.22. The Morgan fingerprint density at radius 2 is 1.59 bits per heavy atom. The number of aryl methyl sites for hydroxylation is 1. The summed E-state index contributed by atoms with van der Waals surface area (Å²) in [5.74, 6) is -0.547. The lowest BCUT2D eigenvalue weighted by Crippen LogP contribution is -2.17. The lowest BCUT2D eigenvalue weighted by atomic mass is 9.95. The highest BCUT2D eigenvalue weighted by atomic mass is 79.9. The van der Waals surface area contributed by atoms with Crippen molar-refractivity contribution < 1.29 is 14.3 Å². The van der Waals surface area contributed by atoms with E-state index in [1.54, 1.807) is 6.92 Å². The number of nitrogens with one attached hydrogen (secondary N) is 1. The third-order valence-electron chi connectivity index (χ3n) is 6.14. The van der Waals surface area contributed by atoms with Crippen molar-refractivity contribution in [3.8, 4) is 22.5 Å². The van der Waals surface area contributed by atoms with Crippen LogP contribution < -0.4 is 5.32 Å². The molecule has 0 saturated heterocycles. The van der Waals surface area contributed by atoms with Gasteiger partial charge in [-0.1, -0.05) is 67.9 Å². The predicted octanol–water partition coefficient (Wildman–Crippen LogP) is 7.58. The minimum Gasteiger partial charge on any atom is -0.462 e. The summed E-state index contributed by atoms with van der Waals surface area (Å²) in [6.07, 6.45) is 3.86. The van der Waals surface area contributed by atoms with Crippen LogP contribution in [0.25, 0.3) is 22.5 Å². The number of esters is 1. The third kappa shape index (κ3) is 6.59. The van der Waals surface area contributed by atoms with Crippen molar-refractivity contribution in [3.05, 3.63) is 73.5 Å². The summed E-state index contributed by atoms with van der Waals surface area (Å²) in [4.78, 5) is 31.6. The Kier molecular flexibility index (Phi) is 9.11. The fraction of sp³-hybridized carbons (Fsp3) is 0.250. The number of anilines is 1. The molecule has 0 bridgehead atoms. The van der Waals surface area contributed by atoms with Crippen molar-refractivity contribution in [1.82, 2.24) is 15.2 Å². The van der Waals surface area contributed by atoms with Crippen LogP contribution in [0.4, 0.5) is 5.00 Å². The number of thiophene rings is 1. The molecule has 0 aliphatic heterocycles. The first-order valence-corrected chi connectivity index (χ1v) is 15.8. The highest BCUT2D eigenvalue weighted by Gasteiger charge is 2.27. The summed E-state index contributed by atoms with van der Waals surface area (Å²) in [5, 5.41) is 12.7. The predicted molar refractivity (Wildman–Crippen MR) is 162 cm³/mol. The SMILES string of the molecule is CCOC(=O)c1c(NC(=O)CSc2nnc(-c3ccc(Br)cc3)c(-c3ccc(Br)cc3)n2)sc2c1CCCC2. The number of halogens is 2. The van der Waals surface area contributed by atoms with Gasteiger partial charge in [-0.2, -0.15) is 0 Å². The quantitative estimate of drug-likeness (QED) is 0.151. The van der Waals surface area contributed by atoms with Crippen LogP contribution in [0.5, 0.6) is 0 Å². The zero-order chi connectivity index (χ0) is 27.4. The number of carbonyl (C=O) groups is 2. The highest BCUT2D eigenvalue weighted by Crippen LogP contribution is 2.39. The summed E-state index contributed by atoms with van der Waals surface area (Å²) in [7, 11) is 0. The van der Waals surface area contributed by atoms with E-state index in [4.69, 9.17) is 9.72 Å². The topological polar surface area (TPSA) is 94.1 Å². The average molecular weight is 688 g/mol. The van der Waals surface area contributed by atoms with Crippen molar-refractivity contribution >= 4 is 71.8 Å². The van der Waals surface area contributed by atoms with Crippen LogP contribution in [0.15, 0.2) is 62.6 Å². The van der Waals surface area contributed by atoms with Crippen LogP contribution in [-0.4, -0.2) is 39.4 Å². The molecule has 1 aliphatic carbocycles. The van der Waals surface area contributed by atoms with E-state index in [-0.39, 0.29) is 24.2 Å². The van der Waals surface area contributed by atoms with Gasteiger partial charge in [0.25, 0.3) is 0 Å². The van der Waals surface area contributed by atoms with Gasteiger partial charge in [-0.25, -0.2) is 9.78 Å². The Morgan fingerprint density at radius 1 is 0.949 bits per heavy atom. The molecule has 2 heterocycles. The van der Waals surface area contributed by atoms with Crippen LogP contribution in [0.3, 0.4) is 0 Å². The van der Waals surface area contributed by atoms with E-state index >= 15 is 0 Å². The number of benzene rings is 2. The fourth-order valence-electron chi connectivity index (χ4n) is 4.35. The Morgan fingerprint density at radius 3 is 2.26 bits per heavy atom. The number of nitrogens with zero attached hydrogens (tertiary/aromatic N) is 3. The van der Waals surface area contributed by atoms with Crippen molar-refractivity contribution in [2.45, 2.75) is 37.8 Å². The third-order valence-corrected chi connectivity index (χ3v) is 9.24. The van der Waals surface area contributed by atoms with E-state index in [0.717, 1.165) is 56.2 Å². The lowest BCUT2D eigenvalue weighted by Gasteiger charge is -2.12. The number of fused-ring (bicyclic) bond motifs is 1. The summed E-state index contributed by atoms with van der Waals surface area (Å²) in [5.41, 5.74) is 4.63. The maximum absolute atomic E-state index is 13.0. The summed E-state index contributed by atoms with van der Waals surface area (Å²) in [6.45, 7) is 2.07. The van der Waals surface area contributed by atoms with Crippen molar-refractivity contribution in [2.24, 2.45) is 0 Å². The maximum Gasteiger partial charge on any atom is 0.341 e. The zero-order valence-electron chi connectivity index (χ0n) is 21.0. The second-order valence-corrected chi connectivity index (χ2v) is 12.7. The largest absolute Gasteiger partial charge is 0.462 e. The Labute approximate surface area is 251 Å². The molecule has 0 spiro atoms. The molecule has 1 amide bonds. The van der Waals surface area contributed by atoms with Gasteiger partial charge in [-0.3, -0.25) is 4.79 Å². The number of carbonyl (C=O) groups excluding carboxylic acids is 2. The average Bonchev–Trinajstić information content (AvgIpc) is 3.30. The zero-order valence-corrected chi connectivity index (χ0v) is 25.8. The van der Waals surface area contributed by atoms with Crippen molar-refractivity contribution in [2.75, 3.05) is 17.7 Å². The van der Waals surface area contributed by atoms with Crippen LogP contribution in [0.2, 0.25) is 0 Å². The minimum absolute atomic E-state index is 0.0733. The van der Waals surface area contributed by atoms with Gasteiger partial charge in [0, 0.05) is 24.9 Å². The molecular formula is C28H24Br2N4O3S2. The second kappa shape index (κ2) is 12.7. The highest BCUT2D eigenvalue weighted by molar-refractivity contribution is 9.10.